The van der Waals surface area contributed by atoms with Gasteiger partial charge in [-0.25, -0.2) is 0 Å². The van der Waals surface area contributed by atoms with Gasteiger partial charge in [0.25, 0.3) is 0 Å². The minimum Gasteiger partial charge on any atom is -0.307 e. The van der Waals surface area contributed by atoms with E-state index in [0.29, 0.717) is 11.4 Å². The molecule has 0 aromatic heterocycles. The highest BCUT2D eigenvalue weighted by Gasteiger charge is 2.34. The van der Waals surface area contributed by atoms with E-state index in [1.165, 1.54) is 0 Å². The van der Waals surface area contributed by atoms with Gasteiger partial charge in [-0.1, -0.05) is 43.5 Å². The second-order valence-electron chi connectivity index (χ2n) is 9.21. The van der Waals surface area contributed by atoms with E-state index in [0.717, 1.165) is 80.2 Å². The van der Waals surface area contributed by atoms with Gasteiger partial charge in [0.1, 0.15) is 41.0 Å². The number of carbonyl (C=O) groups is 2. The van der Waals surface area contributed by atoms with Crippen LogP contribution in [0.25, 0.3) is 5.57 Å². The highest BCUT2D eigenvalue weighted by atomic mass is 127. The minimum absolute atomic E-state index is 0.119. The zero-order chi connectivity index (χ0) is 22.5. The molecule has 1 aromatic rings. The molecule has 4 nitrogen and oxygen atoms in total. The first-order valence-corrected chi connectivity index (χ1v) is 13.8. The molecule has 0 spiro atoms. The molecule has 1 saturated carbocycles. The van der Waals surface area contributed by atoms with Gasteiger partial charge in [-0.15, -0.1) is 0 Å². The molecular formula is C26H30INO3S. The molecule has 0 N–H and O–H groups in total. The Labute approximate surface area is 209 Å². The smallest absolute Gasteiger partial charge is 0.176 e. The molecule has 3 aliphatic rings. The molecule has 6 heteroatoms. The van der Waals surface area contributed by atoms with Crippen LogP contribution in [-0.4, -0.2) is 22.6 Å². The van der Waals surface area contributed by atoms with Crippen molar-refractivity contribution in [2.24, 2.45) is 11.8 Å². The van der Waals surface area contributed by atoms with Crippen molar-refractivity contribution >= 4 is 51.9 Å². The van der Waals surface area contributed by atoms with Crippen LogP contribution in [-0.2, 0) is 12.7 Å². The maximum atomic E-state index is 13.0. The summed E-state index contributed by atoms with van der Waals surface area (Å²) in [5, 5.41) is 10.2. The van der Waals surface area contributed by atoms with E-state index in [2.05, 4.69) is 6.07 Å². The van der Waals surface area contributed by atoms with Crippen molar-refractivity contribution in [2.45, 2.75) is 75.6 Å². The molecule has 0 amide bonds. The average molecular weight is 564 g/mol. The van der Waals surface area contributed by atoms with Crippen molar-refractivity contribution in [1.29, 1.82) is 5.26 Å². The summed E-state index contributed by atoms with van der Waals surface area (Å²) in [6.07, 6.45) is 8.88. The molecule has 3 unspecified atom stereocenters. The summed E-state index contributed by atoms with van der Waals surface area (Å²) in [7, 11) is 0. The molecule has 0 radical (unpaired) electrons. The number of thioether (sulfide) groups is 1. The number of hydrogen-bond donors (Lipinski definition) is 0. The van der Waals surface area contributed by atoms with Crippen molar-refractivity contribution in [3.05, 3.63) is 41.0 Å². The van der Waals surface area contributed by atoms with Crippen LogP contribution in [0.2, 0.25) is 0 Å². The van der Waals surface area contributed by atoms with E-state index >= 15 is 0 Å². The van der Waals surface area contributed by atoms with Gasteiger partial charge in [0.15, 0.2) is 5.78 Å². The first-order valence-electron chi connectivity index (χ1n) is 11.8. The van der Waals surface area contributed by atoms with Gasteiger partial charge < -0.3 is 3.07 Å². The molecule has 1 aromatic carbocycles. The molecule has 4 rings (SSSR count). The number of hydrogen-bond acceptors (Lipinski definition) is 5. The molecule has 170 valence electrons. The first-order chi connectivity index (χ1) is 15.6. The standard InChI is InChI=1S/C26H30INO3S/c27-31-23-15-22(29)21(16-28)25(20-12-4-3-11-19(20)23)17-7-1-2-8-18(10-5-9-17)26(30)24-13-6-14-32-24/h3-4,11-12,17-18,23-24H,1-2,5-10,13-15H2/t17-,18?,23?,24?/m0/s1. The van der Waals surface area contributed by atoms with Gasteiger partial charge in [0.05, 0.1) is 10.8 Å². The van der Waals surface area contributed by atoms with Crippen LogP contribution in [0.3, 0.4) is 0 Å². The zero-order valence-electron chi connectivity index (χ0n) is 18.4. The van der Waals surface area contributed by atoms with Crippen LogP contribution in [0.4, 0.5) is 0 Å². The quantitative estimate of drug-likeness (QED) is 0.378. The van der Waals surface area contributed by atoms with Crippen LogP contribution in [0.15, 0.2) is 29.8 Å². The number of carbonyl (C=O) groups excluding carboxylic acids is 2. The Morgan fingerprint density at radius 1 is 1.06 bits per heavy atom. The Bertz CT molecular complexity index is 931. The maximum absolute atomic E-state index is 13.0. The Balaban J connectivity index is 1.60. The summed E-state index contributed by atoms with van der Waals surface area (Å²) in [6.45, 7) is 0. The summed E-state index contributed by atoms with van der Waals surface area (Å²) >= 11 is 3.71. The first kappa shape index (κ1) is 24.0. The number of allylic oxidation sites excluding steroid dienone is 2. The molecular weight excluding hydrogens is 533 g/mol. The molecule has 1 saturated heterocycles. The number of Topliss-reactive ketones (excluding diaryl/α,β-unsaturated/α-hetero) is 2. The second kappa shape index (κ2) is 11.3. The third-order valence-electron chi connectivity index (χ3n) is 7.25. The lowest BCUT2D eigenvalue weighted by atomic mass is 9.81. The predicted molar refractivity (Wildman–Crippen MR) is 136 cm³/mol. The van der Waals surface area contributed by atoms with Crippen molar-refractivity contribution < 1.29 is 12.7 Å². The van der Waals surface area contributed by atoms with Crippen LogP contribution in [0.1, 0.15) is 81.4 Å². The summed E-state index contributed by atoms with van der Waals surface area (Å²) in [5.74, 6) is 1.81. The fourth-order valence-electron chi connectivity index (χ4n) is 5.63. The van der Waals surface area contributed by atoms with Crippen LogP contribution in [0.5, 0.6) is 0 Å². The van der Waals surface area contributed by atoms with Crippen LogP contribution < -0.4 is 0 Å². The number of benzene rings is 1. The Kier molecular flexibility index (Phi) is 8.47. The van der Waals surface area contributed by atoms with Gasteiger partial charge in [-0.2, -0.15) is 17.0 Å². The van der Waals surface area contributed by atoms with Crippen molar-refractivity contribution in [1.82, 2.24) is 0 Å². The second-order valence-corrected chi connectivity index (χ2v) is 11.0. The predicted octanol–water partition coefficient (Wildman–Crippen LogP) is 6.79. The molecule has 1 aliphatic heterocycles. The normalized spacial score (nSPS) is 29.3. The van der Waals surface area contributed by atoms with E-state index in [-0.39, 0.29) is 35.4 Å². The topological polar surface area (TPSA) is 67.2 Å². The number of rotatable bonds is 4. The number of nitrogens with zero attached hydrogens (tertiary/aromatic N) is 1. The van der Waals surface area contributed by atoms with Crippen molar-refractivity contribution in [3.8, 4) is 6.07 Å². The summed E-state index contributed by atoms with van der Waals surface area (Å²) in [4.78, 5) is 26.1. The lowest BCUT2D eigenvalue weighted by Gasteiger charge is -2.23. The lowest BCUT2D eigenvalue weighted by molar-refractivity contribution is -0.122. The molecule has 2 aliphatic carbocycles. The monoisotopic (exact) mass is 563 g/mol. The third-order valence-corrected chi connectivity index (χ3v) is 9.26. The Morgan fingerprint density at radius 3 is 2.56 bits per heavy atom. The van der Waals surface area contributed by atoms with Gasteiger partial charge in [-0.3, -0.25) is 9.59 Å². The van der Waals surface area contributed by atoms with Gasteiger partial charge in [0, 0.05) is 12.3 Å². The number of nitriles is 1. The van der Waals surface area contributed by atoms with Crippen LogP contribution >= 0.6 is 34.8 Å². The maximum Gasteiger partial charge on any atom is 0.176 e. The van der Waals surface area contributed by atoms with Crippen LogP contribution in [0, 0.1) is 23.2 Å². The molecule has 0 bridgehead atoms. The average Bonchev–Trinajstić information content (AvgIpc) is 3.35. The minimum atomic E-state index is -0.331. The van der Waals surface area contributed by atoms with Crippen molar-refractivity contribution in [3.63, 3.8) is 0 Å². The third kappa shape index (κ3) is 5.15. The summed E-state index contributed by atoms with van der Waals surface area (Å²) in [5.41, 5.74) is 3.23. The SMILES string of the molecule is N#CC1=C([C@H]2CCCCC(C(=O)C3CCCS3)CCC2)c2ccccc2C(OI)CC1=O. The lowest BCUT2D eigenvalue weighted by Crippen LogP contribution is -2.24. The molecule has 2 fully saturated rings. The fourth-order valence-corrected chi connectivity index (χ4v) is 7.39. The van der Waals surface area contributed by atoms with E-state index in [9.17, 15) is 14.9 Å². The molecule has 4 atom stereocenters. The van der Waals surface area contributed by atoms with Gasteiger partial charge >= 0.3 is 0 Å². The Morgan fingerprint density at radius 2 is 1.81 bits per heavy atom. The largest absolute Gasteiger partial charge is 0.307 e. The van der Waals surface area contributed by atoms with Gasteiger partial charge in [-0.05, 0) is 66.9 Å². The van der Waals surface area contributed by atoms with Crippen molar-refractivity contribution in [2.75, 3.05) is 5.75 Å². The number of ketones is 2. The van der Waals surface area contributed by atoms with E-state index in [1.54, 1.807) is 0 Å². The van der Waals surface area contributed by atoms with E-state index < -0.39 is 0 Å². The fraction of sp³-hybridized carbons (Fsp3) is 0.577. The highest BCUT2D eigenvalue weighted by Crippen LogP contribution is 2.44. The van der Waals surface area contributed by atoms with E-state index in [1.807, 2.05) is 59.0 Å². The molecule has 1 heterocycles. The number of fused-ring (bicyclic) bond motifs is 1. The number of halogens is 1. The summed E-state index contributed by atoms with van der Waals surface area (Å²) in [6, 6.07) is 10.3. The highest BCUT2D eigenvalue weighted by molar-refractivity contribution is 14.1. The molecule has 32 heavy (non-hydrogen) atoms. The zero-order valence-corrected chi connectivity index (χ0v) is 21.3. The van der Waals surface area contributed by atoms with Gasteiger partial charge in [0.2, 0.25) is 0 Å². The van der Waals surface area contributed by atoms with E-state index in [4.69, 9.17) is 3.07 Å². The Hall–Kier alpha value is -1.17. The summed E-state index contributed by atoms with van der Waals surface area (Å²) < 4.78 is 5.62.